The van der Waals surface area contributed by atoms with Crippen LogP contribution in [0.3, 0.4) is 0 Å². The Morgan fingerprint density at radius 3 is 2.72 bits per heavy atom. The molecule has 0 aliphatic carbocycles. The number of hydrogen-bond donors (Lipinski definition) is 1. The number of carboxylic acids is 1. The number of aliphatic carboxylic acids is 1. The van der Waals surface area contributed by atoms with Crippen molar-refractivity contribution in [3.05, 3.63) is 40.7 Å². The van der Waals surface area contributed by atoms with Gasteiger partial charge in [-0.2, -0.15) is 4.68 Å². The van der Waals surface area contributed by atoms with E-state index in [1.54, 1.807) is 31.2 Å². The van der Waals surface area contributed by atoms with Crippen molar-refractivity contribution in [1.29, 1.82) is 0 Å². The highest BCUT2D eigenvalue weighted by Gasteiger charge is 2.15. The monoisotopic (exact) mass is 264 g/mol. The van der Waals surface area contributed by atoms with Crippen molar-refractivity contribution >= 4 is 29.3 Å². The van der Waals surface area contributed by atoms with Gasteiger partial charge in [-0.1, -0.05) is 29.8 Å². The molecule has 0 bridgehead atoms. The zero-order valence-corrected chi connectivity index (χ0v) is 10.2. The second-order valence-electron chi connectivity index (χ2n) is 3.49. The lowest BCUT2D eigenvalue weighted by atomic mass is 10.2. The summed E-state index contributed by atoms with van der Waals surface area (Å²) < 4.78 is 1.14. The van der Waals surface area contributed by atoms with Crippen molar-refractivity contribution in [3.8, 4) is 0 Å². The smallest absolute Gasteiger partial charge is 0.354 e. The number of aryl methyl sites for hydroxylation is 1. The van der Waals surface area contributed by atoms with Gasteiger partial charge in [-0.3, -0.25) is 0 Å². The molecule has 1 heterocycles. The Labute approximate surface area is 108 Å². The molecule has 1 aromatic carbocycles. The number of rotatable bonds is 3. The van der Waals surface area contributed by atoms with E-state index in [2.05, 4.69) is 15.5 Å². The van der Waals surface area contributed by atoms with Gasteiger partial charge in [0.15, 0.2) is 11.5 Å². The fourth-order valence-corrected chi connectivity index (χ4v) is 1.60. The van der Waals surface area contributed by atoms with Gasteiger partial charge in [0, 0.05) is 5.02 Å². The first-order valence-electron chi connectivity index (χ1n) is 5.04. The van der Waals surface area contributed by atoms with Gasteiger partial charge in [0.25, 0.3) is 0 Å². The molecule has 18 heavy (non-hydrogen) atoms. The zero-order chi connectivity index (χ0) is 13.1. The predicted molar refractivity (Wildman–Crippen MR) is 65.8 cm³/mol. The van der Waals surface area contributed by atoms with E-state index in [-0.39, 0.29) is 5.70 Å². The molecule has 1 N–H and O–H groups in total. The molecule has 2 aromatic rings. The summed E-state index contributed by atoms with van der Waals surface area (Å²) in [4.78, 5) is 11.2. The average molecular weight is 265 g/mol. The molecule has 1 aromatic heterocycles. The van der Waals surface area contributed by atoms with Crippen LogP contribution in [0.5, 0.6) is 0 Å². The van der Waals surface area contributed by atoms with Gasteiger partial charge < -0.3 is 5.11 Å². The third-order valence-electron chi connectivity index (χ3n) is 2.27. The Bertz CT molecular complexity index is 621. The van der Waals surface area contributed by atoms with Crippen LogP contribution >= 0.6 is 11.6 Å². The van der Waals surface area contributed by atoms with E-state index in [0.717, 1.165) is 4.68 Å². The molecule has 0 amide bonds. The number of nitrogens with zero attached hydrogens (tertiary/aromatic N) is 4. The van der Waals surface area contributed by atoms with Gasteiger partial charge in [-0.25, -0.2) is 4.79 Å². The predicted octanol–water partition coefficient (Wildman–Crippen LogP) is 1.72. The summed E-state index contributed by atoms with van der Waals surface area (Å²) in [5, 5.41) is 20.3. The summed E-state index contributed by atoms with van der Waals surface area (Å²) in [6, 6.07) is 6.93. The number of hydrogen-bond acceptors (Lipinski definition) is 4. The lowest BCUT2D eigenvalue weighted by Gasteiger charge is -2.03. The first-order chi connectivity index (χ1) is 8.59. The average Bonchev–Trinajstić information content (AvgIpc) is 2.74. The van der Waals surface area contributed by atoms with E-state index in [9.17, 15) is 9.90 Å². The van der Waals surface area contributed by atoms with Crippen LogP contribution in [0.4, 0.5) is 0 Å². The lowest BCUT2D eigenvalue weighted by molar-refractivity contribution is -0.130. The largest absolute Gasteiger partial charge is 0.477 e. The van der Waals surface area contributed by atoms with Crippen LogP contribution in [0, 0.1) is 6.92 Å². The molecular weight excluding hydrogens is 256 g/mol. The normalized spacial score (nSPS) is 11.6. The lowest BCUT2D eigenvalue weighted by Crippen LogP contribution is -2.11. The summed E-state index contributed by atoms with van der Waals surface area (Å²) >= 11 is 5.98. The van der Waals surface area contributed by atoms with Crippen molar-refractivity contribution in [2.75, 3.05) is 0 Å². The van der Waals surface area contributed by atoms with Crippen molar-refractivity contribution in [2.45, 2.75) is 6.92 Å². The molecule has 0 radical (unpaired) electrons. The quantitative estimate of drug-likeness (QED) is 0.854. The second-order valence-corrected chi connectivity index (χ2v) is 3.90. The molecule has 7 heteroatoms. The summed E-state index contributed by atoms with van der Waals surface area (Å²) in [5.74, 6) is -0.749. The first kappa shape index (κ1) is 12.3. The maximum Gasteiger partial charge on any atom is 0.354 e. The molecule has 0 spiro atoms. The van der Waals surface area contributed by atoms with Gasteiger partial charge in [-0.15, -0.1) is 5.10 Å². The SMILES string of the molecule is Cc1nnnn1/C(=C\c1ccccc1Cl)C(=O)O. The molecule has 0 aliphatic rings. The van der Waals surface area contributed by atoms with Crippen molar-refractivity contribution in [2.24, 2.45) is 0 Å². The molecule has 0 unspecified atom stereocenters. The molecule has 2 rings (SSSR count). The number of halogens is 1. The van der Waals surface area contributed by atoms with Crippen LogP contribution in [-0.2, 0) is 4.79 Å². The number of carboxylic acid groups (broad SMARTS) is 1. The topological polar surface area (TPSA) is 80.9 Å². The van der Waals surface area contributed by atoms with E-state index in [4.69, 9.17) is 11.6 Å². The van der Waals surface area contributed by atoms with Crippen LogP contribution in [0.15, 0.2) is 24.3 Å². The molecule has 0 saturated carbocycles. The summed E-state index contributed by atoms with van der Waals surface area (Å²) in [5.41, 5.74) is 0.525. The maximum atomic E-state index is 11.2. The van der Waals surface area contributed by atoms with Gasteiger partial charge in [0.1, 0.15) is 0 Å². The van der Waals surface area contributed by atoms with Crippen molar-refractivity contribution in [3.63, 3.8) is 0 Å². The van der Waals surface area contributed by atoms with Gasteiger partial charge in [-0.05, 0) is 35.1 Å². The first-order valence-corrected chi connectivity index (χ1v) is 5.42. The highest BCUT2D eigenvalue weighted by molar-refractivity contribution is 6.32. The van der Waals surface area contributed by atoms with E-state index in [1.165, 1.54) is 6.08 Å². The highest BCUT2D eigenvalue weighted by Crippen LogP contribution is 2.20. The molecule has 0 fully saturated rings. The molecular formula is C11H9ClN4O2. The fraction of sp³-hybridized carbons (Fsp3) is 0.0909. The van der Waals surface area contributed by atoms with Crippen LogP contribution in [0.1, 0.15) is 11.4 Å². The highest BCUT2D eigenvalue weighted by atomic mass is 35.5. The molecule has 0 saturated heterocycles. The number of carbonyl (C=O) groups is 1. The molecule has 92 valence electrons. The fourth-order valence-electron chi connectivity index (χ4n) is 1.41. The molecule has 6 nitrogen and oxygen atoms in total. The van der Waals surface area contributed by atoms with Crippen molar-refractivity contribution < 1.29 is 9.90 Å². The van der Waals surface area contributed by atoms with E-state index >= 15 is 0 Å². The van der Waals surface area contributed by atoms with E-state index < -0.39 is 5.97 Å². The van der Waals surface area contributed by atoms with Crippen LogP contribution in [-0.4, -0.2) is 31.3 Å². The molecule has 0 aliphatic heterocycles. The van der Waals surface area contributed by atoms with Crippen molar-refractivity contribution in [1.82, 2.24) is 20.2 Å². The maximum absolute atomic E-state index is 11.2. The van der Waals surface area contributed by atoms with Crippen LogP contribution in [0.25, 0.3) is 11.8 Å². The minimum absolute atomic E-state index is 0.0643. The standard InChI is InChI=1S/C11H9ClN4O2/c1-7-13-14-15-16(7)10(11(17)18)6-8-4-2-3-5-9(8)12/h2-6H,1H3,(H,17,18)/b10-6-. The van der Waals surface area contributed by atoms with E-state index in [0.29, 0.717) is 16.4 Å². The minimum atomic E-state index is -1.13. The van der Waals surface area contributed by atoms with Gasteiger partial charge >= 0.3 is 5.97 Å². The minimum Gasteiger partial charge on any atom is -0.477 e. The number of tetrazole rings is 1. The summed E-state index contributed by atoms with van der Waals surface area (Å²) in [6.45, 7) is 1.61. The third kappa shape index (κ3) is 2.38. The van der Waals surface area contributed by atoms with Crippen LogP contribution < -0.4 is 0 Å². The number of aromatic nitrogens is 4. The van der Waals surface area contributed by atoms with Crippen LogP contribution in [0.2, 0.25) is 5.02 Å². The Kier molecular flexibility index (Phi) is 3.38. The van der Waals surface area contributed by atoms with Gasteiger partial charge in [0.2, 0.25) is 0 Å². The van der Waals surface area contributed by atoms with E-state index in [1.807, 2.05) is 0 Å². The third-order valence-corrected chi connectivity index (χ3v) is 2.61. The number of benzene rings is 1. The Balaban J connectivity index is 2.54. The Hall–Kier alpha value is -2.21. The van der Waals surface area contributed by atoms with Gasteiger partial charge in [0.05, 0.1) is 0 Å². The summed E-state index contributed by atoms with van der Waals surface area (Å²) in [6.07, 6.45) is 1.42. The Morgan fingerprint density at radius 1 is 1.44 bits per heavy atom. The summed E-state index contributed by atoms with van der Waals surface area (Å²) in [7, 11) is 0. The second kappa shape index (κ2) is 4.97. The zero-order valence-electron chi connectivity index (χ0n) is 9.41. The Morgan fingerprint density at radius 2 is 2.17 bits per heavy atom. The molecule has 0 atom stereocenters.